The molecule has 0 saturated heterocycles. The molecule has 63 heavy (non-hydrogen) atoms. The van der Waals surface area contributed by atoms with Crippen LogP contribution in [0.2, 0.25) is 0 Å². The molecule has 12 rings (SSSR count). The van der Waals surface area contributed by atoms with Crippen LogP contribution in [0.15, 0.2) is 212 Å². The number of rotatable bonds is 7. The summed E-state index contributed by atoms with van der Waals surface area (Å²) in [6.45, 7) is 0. The van der Waals surface area contributed by atoms with Crippen LogP contribution in [0.5, 0.6) is 0 Å². The molecule has 0 aliphatic rings. The van der Waals surface area contributed by atoms with E-state index >= 15 is 0 Å². The van der Waals surface area contributed by atoms with Crippen molar-refractivity contribution >= 4 is 53.1 Å². The van der Waals surface area contributed by atoms with Gasteiger partial charge in [0.1, 0.15) is 0 Å². The van der Waals surface area contributed by atoms with Crippen LogP contribution in [0.3, 0.4) is 0 Å². The Morgan fingerprint density at radius 2 is 0.778 bits per heavy atom. The first-order valence-electron chi connectivity index (χ1n) is 21.0. The molecule has 3 aromatic heterocycles. The topological polar surface area (TPSA) is 64.5 Å². The van der Waals surface area contributed by atoms with Crippen LogP contribution in [0.4, 0.5) is 0 Å². The third-order valence-electron chi connectivity index (χ3n) is 11.7. The summed E-state index contributed by atoms with van der Waals surface area (Å²) in [5.41, 5.74) is 9.64. The van der Waals surface area contributed by atoms with E-state index in [1.165, 1.54) is 36.3 Å². The maximum absolute atomic E-state index is 5.40. The lowest BCUT2D eigenvalue weighted by molar-refractivity contribution is 1.07. The minimum absolute atomic E-state index is 0.615. The highest BCUT2D eigenvalue weighted by molar-refractivity contribution is 7.27. The highest BCUT2D eigenvalue weighted by Crippen LogP contribution is 2.45. The second-order valence-electron chi connectivity index (χ2n) is 15.6. The van der Waals surface area contributed by atoms with E-state index in [4.69, 9.17) is 24.9 Å². The number of aromatic nitrogens is 5. The number of hydrogen-bond donors (Lipinski definition) is 0. The lowest BCUT2D eigenvalue weighted by Gasteiger charge is -2.13. The van der Waals surface area contributed by atoms with Crippen molar-refractivity contribution < 1.29 is 0 Å². The minimum atomic E-state index is 0.615. The summed E-state index contributed by atoms with van der Waals surface area (Å²) in [4.78, 5) is 25.6. The van der Waals surface area contributed by atoms with Crippen LogP contribution >= 0.6 is 11.3 Å². The van der Waals surface area contributed by atoms with Gasteiger partial charge in [0.25, 0.3) is 0 Å². The summed E-state index contributed by atoms with van der Waals surface area (Å²) in [6, 6.07) is 73.9. The third-order valence-corrected chi connectivity index (χ3v) is 12.9. The van der Waals surface area contributed by atoms with Crippen molar-refractivity contribution in [3.05, 3.63) is 212 Å². The standard InChI is InChI=1S/C57H35N5S/c1-4-17-37(18-5-1)49-35-50(59-57(58-49)48-34-51-52(46-29-13-12-28-45(46)48)47-31-30-36-16-10-11-27-44(36)53(47)63-51)42-25-14-23-40(32-42)41-24-15-26-43(33-41)56-61-54(38-19-6-2-7-20-38)60-55(62-56)39-21-8-3-9-22-39/h1-35H. The van der Waals surface area contributed by atoms with E-state index in [2.05, 4.69) is 146 Å². The molecule has 3 heterocycles. The van der Waals surface area contributed by atoms with Crippen LogP contribution in [-0.4, -0.2) is 24.9 Å². The first-order chi connectivity index (χ1) is 31.2. The quantitative estimate of drug-likeness (QED) is 0.160. The smallest absolute Gasteiger partial charge is 0.164 e. The molecule has 0 fully saturated rings. The average Bonchev–Trinajstić information content (AvgIpc) is 3.76. The number of benzene rings is 9. The van der Waals surface area contributed by atoms with Gasteiger partial charge < -0.3 is 0 Å². The van der Waals surface area contributed by atoms with Crippen LogP contribution in [-0.2, 0) is 0 Å². The van der Waals surface area contributed by atoms with Gasteiger partial charge in [0.2, 0.25) is 0 Å². The van der Waals surface area contributed by atoms with Gasteiger partial charge in [-0.25, -0.2) is 24.9 Å². The van der Waals surface area contributed by atoms with Gasteiger partial charge in [0.05, 0.1) is 11.4 Å². The Hall–Kier alpha value is -8.19. The van der Waals surface area contributed by atoms with Gasteiger partial charge in [0, 0.05) is 53.6 Å². The normalized spacial score (nSPS) is 11.5. The molecule has 0 radical (unpaired) electrons. The van der Waals surface area contributed by atoms with E-state index in [0.717, 1.165) is 61.3 Å². The average molecular weight is 822 g/mol. The van der Waals surface area contributed by atoms with Crippen LogP contribution in [0, 0.1) is 0 Å². The molecular formula is C57H35N5S. The van der Waals surface area contributed by atoms with Gasteiger partial charge >= 0.3 is 0 Å². The van der Waals surface area contributed by atoms with Crippen LogP contribution < -0.4 is 0 Å². The van der Waals surface area contributed by atoms with Crippen molar-refractivity contribution in [1.82, 2.24) is 24.9 Å². The zero-order valence-corrected chi connectivity index (χ0v) is 34.7. The summed E-state index contributed by atoms with van der Waals surface area (Å²) in [6.07, 6.45) is 0. The molecule has 0 atom stereocenters. The first kappa shape index (κ1) is 36.6. The second-order valence-corrected chi connectivity index (χ2v) is 16.7. The third kappa shape index (κ3) is 6.70. The van der Waals surface area contributed by atoms with E-state index in [-0.39, 0.29) is 0 Å². The molecule has 0 spiro atoms. The molecule has 294 valence electrons. The summed E-state index contributed by atoms with van der Waals surface area (Å²) in [7, 11) is 0. The van der Waals surface area contributed by atoms with Gasteiger partial charge in [-0.05, 0) is 56.9 Å². The zero-order chi connectivity index (χ0) is 41.7. The lowest BCUT2D eigenvalue weighted by Crippen LogP contribution is -2.00. The molecular weight excluding hydrogens is 787 g/mol. The lowest BCUT2D eigenvalue weighted by atomic mass is 9.97. The minimum Gasteiger partial charge on any atom is -0.228 e. The maximum Gasteiger partial charge on any atom is 0.164 e. The molecule has 0 aliphatic carbocycles. The Kier molecular flexibility index (Phi) is 8.94. The second kappa shape index (κ2) is 15.4. The van der Waals surface area contributed by atoms with Gasteiger partial charge in [0.15, 0.2) is 23.3 Å². The van der Waals surface area contributed by atoms with Gasteiger partial charge in [-0.15, -0.1) is 11.3 Å². The van der Waals surface area contributed by atoms with Crippen LogP contribution in [0.25, 0.3) is 121 Å². The Labute approximate surface area is 367 Å². The van der Waals surface area contributed by atoms with Gasteiger partial charge in [-0.2, -0.15) is 0 Å². The monoisotopic (exact) mass is 821 g/mol. The molecule has 5 nitrogen and oxygen atoms in total. The van der Waals surface area contributed by atoms with Crippen molar-refractivity contribution in [2.45, 2.75) is 0 Å². The number of nitrogens with zero attached hydrogens (tertiary/aromatic N) is 5. The van der Waals surface area contributed by atoms with Gasteiger partial charge in [-0.1, -0.05) is 188 Å². The Morgan fingerprint density at radius 3 is 1.44 bits per heavy atom. The van der Waals surface area contributed by atoms with Crippen molar-refractivity contribution in [1.29, 1.82) is 0 Å². The molecule has 0 saturated carbocycles. The van der Waals surface area contributed by atoms with Crippen molar-refractivity contribution in [2.75, 3.05) is 0 Å². The highest BCUT2D eigenvalue weighted by Gasteiger charge is 2.19. The Morgan fingerprint density at radius 1 is 0.286 bits per heavy atom. The predicted molar refractivity (Wildman–Crippen MR) is 261 cm³/mol. The number of thiophene rings is 1. The van der Waals surface area contributed by atoms with Crippen molar-refractivity contribution in [3.63, 3.8) is 0 Å². The van der Waals surface area contributed by atoms with E-state index < -0.39 is 0 Å². The molecule has 6 heteroatoms. The fourth-order valence-corrected chi connectivity index (χ4v) is 9.95. The Bertz CT molecular complexity index is 3620. The van der Waals surface area contributed by atoms with Crippen molar-refractivity contribution in [3.8, 4) is 79.2 Å². The van der Waals surface area contributed by atoms with Gasteiger partial charge in [-0.3, -0.25) is 0 Å². The van der Waals surface area contributed by atoms with E-state index in [1.54, 1.807) is 0 Å². The molecule has 9 aromatic carbocycles. The number of fused-ring (bicyclic) bond motifs is 7. The van der Waals surface area contributed by atoms with Crippen molar-refractivity contribution in [2.24, 2.45) is 0 Å². The molecule has 0 aliphatic heterocycles. The highest BCUT2D eigenvalue weighted by atomic mass is 32.1. The van der Waals surface area contributed by atoms with E-state index in [0.29, 0.717) is 23.3 Å². The molecule has 0 N–H and O–H groups in total. The summed E-state index contributed by atoms with van der Waals surface area (Å²) < 4.78 is 2.52. The SMILES string of the molecule is c1ccc(-c2cc(-c3cccc(-c4cccc(-c5nc(-c6ccccc6)nc(-c6ccccc6)n5)c4)c3)nc(-c3cc4sc5c6ccccc6ccc5c4c4ccccc34)n2)cc1. The fourth-order valence-electron chi connectivity index (χ4n) is 8.66. The largest absolute Gasteiger partial charge is 0.228 e. The molecule has 0 unspecified atom stereocenters. The maximum atomic E-state index is 5.40. The summed E-state index contributed by atoms with van der Waals surface area (Å²) >= 11 is 1.85. The molecule has 12 aromatic rings. The summed E-state index contributed by atoms with van der Waals surface area (Å²) in [5.74, 6) is 2.57. The fraction of sp³-hybridized carbons (Fsp3) is 0. The van der Waals surface area contributed by atoms with Crippen LogP contribution in [0.1, 0.15) is 0 Å². The first-order valence-corrected chi connectivity index (χ1v) is 21.8. The number of hydrogen-bond acceptors (Lipinski definition) is 6. The van der Waals surface area contributed by atoms with E-state index in [9.17, 15) is 0 Å². The van der Waals surface area contributed by atoms with E-state index in [1.807, 2.05) is 78.1 Å². The molecule has 0 bridgehead atoms. The zero-order valence-electron chi connectivity index (χ0n) is 33.9. The molecule has 0 amide bonds. The predicted octanol–water partition coefficient (Wildman–Crippen LogP) is 15.0. The summed E-state index contributed by atoms with van der Waals surface area (Å²) in [5, 5.41) is 7.41. The Balaban J connectivity index is 0.993.